The quantitative estimate of drug-likeness (QED) is 0.800. The van der Waals surface area contributed by atoms with Crippen molar-refractivity contribution in [2.24, 2.45) is 0 Å². The molecule has 1 N–H and O–H groups in total. The molecule has 0 fully saturated rings. The lowest BCUT2D eigenvalue weighted by molar-refractivity contribution is 0.0699. The van der Waals surface area contributed by atoms with Gasteiger partial charge in [-0.3, -0.25) is 0 Å². The number of benzene rings is 2. The minimum absolute atomic E-state index is 0.0575. The summed E-state index contributed by atoms with van der Waals surface area (Å²) in [6, 6.07) is 12.5. The van der Waals surface area contributed by atoms with Crippen molar-refractivity contribution in [2.75, 3.05) is 7.11 Å². The number of hydrogen-bond acceptors (Lipinski definition) is 3. The SMILES string of the molecule is COc1cccc2c(C(=O)O)cc(-c3ccccc3F)nc12. The Morgan fingerprint density at radius 2 is 1.95 bits per heavy atom. The third-order valence-electron chi connectivity index (χ3n) is 3.40. The van der Waals surface area contributed by atoms with E-state index in [1.165, 1.54) is 19.2 Å². The number of nitrogens with zero attached hydrogens (tertiary/aromatic N) is 1. The smallest absolute Gasteiger partial charge is 0.336 e. The molecule has 0 atom stereocenters. The molecule has 0 saturated carbocycles. The van der Waals surface area contributed by atoms with Crippen LogP contribution in [0.3, 0.4) is 0 Å². The van der Waals surface area contributed by atoms with E-state index in [2.05, 4.69) is 4.98 Å². The number of carboxylic acid groups (broad SMARTS) is 1. The predicted octanol–water partition coefficient (Wildman–Crippen LogP) is 3.75. The van der Waals surface area contributed by atoms with Crippen LogP contribution in [0.4, 0.5) is 4.39 Å². The molecule has 1 heterocycles. The molecule has 1 aromatic heterocycles. The monoisotopic (exact) mass is 297 g/mol. The second-order valence-corrected chi connectivity index (χ2v) is 4.70. The first-order chi connectivity index (χ1) is 10.6. The van der Waals surface area contributed by atoms with Gasteiger partial charge in [-0.1, -0.05) is 24.3 Å². The lowest BCUT2D eigenvalue weighted by atomic mass is 10.0. The number of carboxylic acids is 1. The summed E-state index contributed by atoms with van der Waals surface area (Å²) in [5, 5.41) is 9.88. The second-order valence-electron chi connectivity index (χ2n) is 4.70. The van der Waals surface area contributed by atoms with Crippen molar-refractivity contribution in [3.05, 3.63) is 59.9 Å². The van der Waals surface area contributed by atoms with Gasteiger partial charge in [-0.25, -0.2) is 14.2 Å². The standard InChI is InChI=1S/C17H12FNO3/c1-22-15-8-4-6-10-12(17(20)21)9-14(19-16(10)15)11-5-2-3-7-13(11)18/h2-9H,1H3,(H,20,21). The number of aromatic nitrogens is 1. The highest BCUT2D eigenvalue weighted by Crippen LogP contribution is 2.31. The van der Waals surface area contributed by atoms with Gasteiger partial charge >= 0.3 is 5.97 Å². The zero-order chi connectivity index (χ0) is 15.7. The van der Waals surface area contributed by atoms with E-state index in [0.29, 0.717) is 16.7 Å². The molecule has 0 aliphatic rings. The number of rotatable bonds is 3. The van der Waals surface area contributed by atoms with Gasteiger partial charge in [-0.05, 0) is 24.3 Å². The maximum Gasteiger partial charge on any atom is 0.336 e. The summed E-state index contributed by atoms with van der Waals surface area (Å²) in [5.41, 5.74) is 0.954. The zero-order valence-electron chi connectivity index (χ0n) is 11.7. The maximum absolute atomic E-state index is 14.0. The normalized spacial score (nSPS) is 10.6. The Hall–Kier alpha value is -2.95. The fourth-order valence-corrected chi connectivity index (χ4v) is 2.37. The number of hydrogen-bond donors (Lipinski definition) is 1. The fourth-order valence-electron chi connectivity index (χ4n) is 2.37. The van der Waals surface area contributed by atoms with Gasteiger partial charge in [0.15, 0.2) is 0 Å². The van der Waals surface area contributed by atoms with Crippen molar-refractivity contribution < 1.29 is 19.0 Å². The van der Waals surface area contributed by atoms with Crippen molar-refractivity contribution in [1.82, 2.24) is 4.98 Å². The maximum atomic E-state index is 14.0. The van der Waals surface area contributed by atoms with Crippen molar-refractivity contribution in [1.29, 1.82) is 0 Å². The minimum Gasteiger partial charge on any atom is -0.494 e. The van der Waals surface area contributed by atoms with E-state index in [4.69, 9.17) is 4.74 Å². The van der Waals surface area contributed by atoms with Crippen molar-refractivity contribution in [3.63, 3.8) is 0 Å². The molecule has 2 aromatic carbocycles. The molecule has 5 heteroatoms. The van der Waals surface area contributed by atoms with E-state index in [-0.39, 0.29) is 16.8 Å². The zero-order valence-corrected chi connectivity index (χ0v) is 11.7. The van der Waals surface area contributed by atoms with Crippen LogP contribution >= 0.6 is 0 Å². The number of para-hydroxylation sites is 1. The molecular weight excluding hydrogens is 285 g/mol. The fraction of sp³-hybridized carbons (Fsp3) is 0.0588. The number of carbonyl (C=O) groups is 1. The van der Waals surface area contributed by atoms with Crippen molar-refractivity contribution >= 4 is 16.9 Å². The number of ether oxygens (including phenoxy) is 1. The molecule has 0 radical (unpaired) electrons. The van der Waals surface area contributed by atoms with Crippen molar-refractivity contribution in [3.8, 4) is 17.0 Å². The highest BCUT2D eigenvalue weighted by Gasteiger charge is 2.16. The van der Waals surface area contributed by atoms with Gasteiger partial charge in [0.2, 0.25) is 0 Å². The van der Waals surface area contributed by atoms with Gasteiger partial charge < -0.3 is 9.84 Å². The van der Waals surface area contributed by atoms with Crippen LogP contribution in [0.1, 0.15) is 10.4 Å². The minimum atomic E-state index is -1.10. The highest BCUT2D eigenvalue weighted by molar-refractivity contribution is 6.05. The Morgan fingerprint density at radius 1 is 1.18 bits per heavy atom. The van der Waals surface area contributed by atoms with Gasteiger partial charge in [0, 0.05) is 10.9 Å². The van der Waals surface area contributed by atoms with Gasteiger partial charge in [-0.2, -0.15) is 0 Å². The van der Waals surface area contributed by atoms with Crippen LogP contribution in [0, 0.1) is 5.82 Å². The summed E-state index contributed by atoms with van der Waals surface area (Å²) in [6.45, 7) is 0. The topological polar surface area (TPSA) is 59.4 Å². The molecule has 3 rings (SSSR count). The van der Waals surface area contributed by atoms with Crippen LogP contribution in [-0.2, 0) is 0 Å². The van der Waals surface area contributed by atoms with E-state index in [1.54, 1.807) is 36.4 Å². The molecule has 22 heavy (non-hydrogen) atoms. The van der Waals surface area contributed by atoms with Crippen molar-refractivity contribution in [2.45, 2.75) is 0 Å². The second kappa shape index (κ2) is 5.44. The number of pyridine rings is 1. The Balaban J connectivity index is 2.38. The lowest BCUT2D eigenvalue weighted by Crippen LogP contribution is -2.02. The molecule has 0 aliphatic heterocycles. The Morgan fingerprint density at radius 3 is 2.64 bits per heavy atom. The Kier molecular flexibility index (Phi) is 3.47. The van der Waals surface area contributed by atoms with Crippen LogP contribution in [0.25, 0.3) is 22.2 Å². The van der Waals surface area contributed by atoms with Crippen LogP contribution < -0.4 is 4.74 Å². The van der Waals surface area contributed by atoms with E-state index < -0.39 is 11.8 Å². The summed E-state index contributed by atoms with van der Waals surface area (Å²) in [7, 11) is 1.48. The molecule has 0 unspecified atom stereocenters. The summed E-state index contributed by atoms with van der Waals surface area (Å²) in [4.78, 5) is 15.9. The highest BCUT2D eigenvalue weighted by atomic mass is 19.1. The molecule has 0 saturated heterocycles. The summed E-state index contributed by atoms with van der Waals surface area (Å²) in [5.74, 6) is -1.11. The first kappa shape index (κ1) is 14.0. The molecule has 0 bridgehead atoms. The summed E-state index contributed by atoms with van der Waals surface area (Å²) >= 11 is 0. The third kappa shape index (κ3) is 2.26. The molecular formula is C17H12FNO3. The van der Waals surface area contributed by atoms with Gasteiger partial charge in [0.05, 0.1) is 18.4 Å². The number of aromatic carboxylic acids is 1. The third-order valence-corrected chi connectivity index (χ3v) is 3.40. The number of methoxy groups -OCH3 is 1. The van der Waals surface area contributed by atoms with E-state index in [9.17, 15) is 14.3 Å². The van der Waals surface area contributed by atoms with Crippen LogP contribution in [0.5, 0.6) is 5.75 Å². The first-order valence-corrected chi connectivity index (χ1v) is 6.58. The number of halogens is 1. The average molecular weight is 297 g/mol. The van der Waals surface area contributed by atoms with Gasteiger partial charge in [0.25, 0.3) is 0 Å². The van der Waals surface area contributed by atoms with E-state index >= 15 is 0 Å². The van der Waals surface area contributed by atoms with Gasteiger partial charge in [-0.15, -0.1) is 0 Å². The van der Waals surface area contributed by atoms with Crippen LogP contribution in [0.15, 0.2) is 48.5 Å². The molecule has 0 spiro atoms. The Labute approximate surface area is 125 Å². The van der Waals surface area contributed by atoms with E-state index in [0.717, 1.165) is 0 Å². The molecule has 110 valence electrons. The first-order valence-electron chi connectivity index (χ1n) is 6.58. The number of fused-ring (bicyclic) bond motifs is 1. The lowest BCUT2D eigenvalue weighted by Gasteiger charge is -2.10. The average Bonchev–Trinajstić information content (AvgIpc) is 2.53. The van der Waals surface area contributed by atoms with Crippen LogP contribution in [0.2, 0.25) is 0 Å². The molecule has 4 nitrogen and oxygen atoms in total. The Bertz CT molecular complexity index is 877. The molecule has 3 aromatic rings. The largest absolute Gasteiger partial charge is 0.494 e. The summed E-state index contributed by atoms with van der Waals surface area (Å²) in [6.07, 6.45) is 0. The predicted molar refractivity (Wildman–Crippen MR) is 80.6 cm³/mol. The van der Waals surface area contributed by atoms with Gasteiger partial charge in [0.1, 0.15) is 17.1 Å². The summed E-state index contributed by atoms with van der Waals surface area (Å²) < 4.78 is 19.2. The van der Waals surface area contributed by atoms with E-state index in [1.807, 2.05) is 0 Å². The molecule has 0 amide bonds. The molecule has 0 aliphatic carbocycles. The van der Waals surface area contributed by atoms with Crippen LogP contribution in [-0.4, -0.2) is 23.2 Å².